The van der Waals surface area contributed by atoms with E-state index in [1.807, 2.05) is 79.0 Å². The SMILES string of the molecule is C=CC1CN2CCC1CC2C(OC(=O)c1ccc(CSc2ccc(Cl)cc2)cc1)c1ccnc2ccccc12.Cl. The Kier molecular flexibility index (Phi) is 9.17. The van der Waals surface area contributed by atoms with Gasteiger partial charge in [-0.3, -0.25) is 9.88 Å². The van der Waals surface area contributed by atoms with Crippen molar-refractivity contribution >= 4 is 52.6 Å². The van der Waals surface area contributed by atoms with Crippen LogP contribution in [-0.2, 0) is 10.5 Å². The zero-order chi connectivity index (χ0) is 26.8. The predicted octanol–water partition coefficient (Wildman–Crippen LogP) is 8.40. The highest BCUT2D eigenvalue weighted by Gasteiger charge is 2.44. The molecule has 4 heterocycles. The lowest BCUT2D eigenvalue weighted by Gasteiger charge is -2.51. The Morgan fingerprint density at radius 2 is 1.88 bits per heavy atom. The minimum Gasteiger partial charge on any atom is -0.452 e. The van der Waals surface area contributed by atoms with Crippen LogP contribution < -0.4 is 0 Å². The molecule has 3 fully saturated rings. The van der Waals surface area contributed by atoms with Crippen molar-refractivity contribution in [2.45, 2.75) is 35.6 Å². The first-order chi connectivity index (χ1) is 19.1. The summed E-state index contributed by atoms with van der Waals surface area (Å²) in [5, 5.41) is 1.77. The number of hydrogen-bond donors (Lipinski definition) is 0. The second-order valence-electron chi connectivity index (χ2n) is 10.4. The molecule has 40 heavy (non-hydrogen) atoms. The van der Waals surface area contributed by atoms with E-state index in [1.165, 1.54) is 6.42 Å². The van der Waals surface area contributed by atoms with Crippen LogP contribution in [-0.4, -0.2) is 35.0 Å². The average Bonchev–Trinajstić information content (AvgIpc) is 2.99. The normalized spacial score (nSPS) is 22.3. The molecule has 0 N–H and O–H groups in total. The van der Waals surface area contributed by atoms with Gasteiger partial charge >= 0.3 is 5.97 Å². The summed E-state index contributed by atoms with van der Waals surface area (Å²) in [5.74, 6) is 1.59. The van der Waals surface area contributed by atoms with E-state index in [0.29, 0.717) is 17.4 Å². The molecule has 0 radical (unpaired) electrons. The quantitative estimate of drug-likeness (QED) is 0.117. The number of piperidine rings is 3. The third-order valence-electron chi connectivity index (χ3n) is 8.14. The van der Waals surface area contributed by atoms with Crippen molar-refractivity contribution in [3.8, 4) is 0 Å². The van der Waals surface area contributed by atoms with E-state index in [4.69, 9.17) is 16.3 Å². The number of ether oxygens (including phenoxy) is 1. The van der Waals surface area contributed by atoms with Crippen LogP contribution in [0.5, 0.6) is 0 Å². The van der Waals surface area contributed by atoms with E-state index < -0.39 is 0 Å². The molecule has 3 aromatic carbocycles. The summed E-state index contributed by atoms with van der Waals surface area (Å²) < 4.78 is 6.42. The number of para-hydroxylation sites is 1. The van der Waals surface area contributed by atoms with Gasteiger partial charge in [0.2, 0.25) is 0 Å². The number of carbonyl (C=O) groups is 1. The number of fused-ring (bicyclic) bond motifs is 4. The van der Waals surface area contributed by atoms with Gasteiger partial charge in [0.15, 0.2) is 0 Å². The van der Waals surface area contributed by atoms with Crippen LogP contribution in [0.3, 0.4) is 0 Å². The summed E-state index contributed by atoms with van der Waals surface area (Å²) in [6.07, 6.45) is 5.71. The van der Waals surface area contributed by atoms with Crippen molar-refractivity contribution < 1.29 is 9.53 Å². The molecule has 7 rings (SSSR count). The first-order valence-corrected chi connectivity index (χ1v) is 14.8. The van der Waals surface area contributed by atoms with Crippen molar-refractivity contribution in [2.24, 2.45) is 11.8 Å². The van der Waals surface area contributed by atoms with E-state index in [0.717, 1.165) is 57.2 Å². The summed E-state index contributed by atoms with van der Waals surface area (Å²) in [6.45, 7) is 6.07. The second-order valence-corrected chi connectivity index (χ2v) is 11.9. The number of benzene rings is 3. The molecule has 206 valence electrons. The van der Waals surface area contributed by atoms with Gasteiger partial charge in [-0.25, -0.2) is 4.79 Å². The topological polar surface area (TPSA) is 42.4 Å². The van der Waals surface area contributed by atoms with E-state index in [-0.39, 0.29) is 30.5 Å². The van der Waals surface area contributed by atoms with Crippen molar-refractivity contribution in [3.63, 3.8) is 0 Å². The molecule has 7 heteroatoms. The predicted molar refractivity (Wildman–Crippen MR) is 166 cm³/mol. The van der Waals surface area contributed by atoms with E-state index >= 15 is 0 Å². The summed E-state index contributed by atoms with van der Waals surface area (Å²) in [5.41, 5.74) is 3.66. The number of hydrogen-bond acceptors (Lipinski definition) is 5. The molecule has 4 nitrogen and oxygen atoms in total. The highest BCUT2D eigenvalue weighted by molar-refractivity contribution is 7.98. The van der Waals surface area contributed by atoms with E-state index in [9.17, 15) is 4.79 Å². The maximum Gasteiger partial charge on any atom is 0.338 e. The van der Waals surface area contributed by atoms with Crippen molar-refractivity contribution in [1.29, 1.82) is 0 Å². The molecule has 0 aliphatic carbocycles. The molecule has 5 atom stereocenters. The molecule has 3 aliphatic heterocycles. The van der Waals surface area contributed by atoms with Crippen LogP contribution in [0.25, 0.3) is 10.9 Å². The van der Waals surface area contributed by atoms with Crippen LogP contribution in [0.15, 0.2) is 103 Å². The molecular weight excluding hydrogens is 559 g/mol. The average molecular weight is 592 g/mol. The summed E-state index contributed by atoms with van der Waals surface area (Å²) in [7, 11) is 0. The Labute approximate surface area is 251 Å². The Hall–Kier alpha value is -2.83. The Bertz CT molecular complexity index is 1470. The Balaban J connectivity index is 0.00000323. The standard InChI is InChI=1S/C33H31ClN2O2S.ClH/c1-2-23-20-36-18-16-25(23)19-31(36)32(29-15-17-35-30-6-4-3-5-28(29)30)38-33(37)24-9-7-22(8-10-24)21-39-27-13-11-26(34)12-14-27;/h2-15,17,23,25,31-32H,1,16,18-21H2;1H. The molecule has 2 bridgehead atoms. The van der Waals surface area contributed by atoms with Crippen molar-refractivity contribution in [1.82, 2.24) is 9.88 Å². The molecule has 0 spiro atoms. The smallest absolute Gasteiger partial charge is 0.338 e. The minimum atomic E-state index is -0.376. The number of pyridine rings is 1. The lowest BCUT2D eigenvalue weighted by atomic mass is 9.73. The number of esters is 1. The zero-order valence-corrected chi connectivity index (χ0v) is 24.5. The summed E-state index contributed by atoms with van der Waals surface area (Å²) >= 11 is 7.74. The van der Waals surface area contributed by atoms with Crippen molar-refractivity contribution in [2.75, 3.05) is 13.1 Å². The number of halogens is 2. The zero-order valence-electron chi connectivity index (χ0n) is 22.1. The highest BCUT2D eigenvalue weighted by Crippen LogP contribution is 2.43. The Morgan fingerprint density at radius 3 is 2.60 bits per heavy atom. The maximum absolute atomic E-state index is 13.6. The van der Waals surface area contributed by atoms with Gasteiger partial charge in [0, 0.05) is 39.4 Å². The molecule has 5 unspecified atom stereocenters. The maximum atomic E-state index is 13.6. The number of carbonyl (C=O) groups excluding carboxylic acids is 1. The minimum absolute atomic E-state index is 0. The number of rotatable bonds is 8. The first-order valence-electron chi connectivity index (χ1n) is 13.5. The van der Waals surface area contributed by atoms with Gasteiger partial charge < -0.3 is 4.74 Å². The number of thioether (sulfide) groups is 1. The van der Waals surface area contributed by atoms with Gasteiger partial charge in [-0.2, -0.15) is 0 Å². The van der Waals surface area contributed by atoms with Crippen LogP contribution >= 0.6 is 35.8 Å². The number of nitrogens with zero attached hydrogens (tertiary/aromatic N) is 2. The molecule has 3 saturated heterocycles. The van der Waals surface area contributed by atoms with Crippen LogP contribution in [0.2, 0.25) is 5.02 Å². The molecular formula is C33H32Cl2N2O2S. The monoisotopic (exact) mass is 590 g/mol. The van der Waals surface area contributed by atoms with Gasteiger partial charge in [0.25, 0.3) is 0 Å². The highest BCUT2D eigenvalue weighted by atomic mass is 35.5. The molecule has 3 aliphatic rings. The second kappa shape index (κ2) is 12.8. The van der Waals surface area contributed by atoms with Crippen LogP contribution in [0.4, 0.5) is 0 Å². The van der Waals surface area contributed by atoms with E-state index in [2.05, 4.69) is 28.6 Å². The fraction of sp³-hybridized carbons (Fsp3) is 0.273. The molecule has 0 amide bonds. The van der Waals surface area contributed by atoms with Gasteiger partial charge in [0.05, 0.1) is 17.1 Å². The van der Waals surface area contributed by atoms with Gasteiger partial charge in [-0.05, 0) is 85.3 Å². The third kappa shape index (κ3) is 6.08. The fourth-order valence-electron chi connectivity index (χ4n) is 6.03. The van der Waals surface area contributed by atoms with Gasteiger partial charge in [-0.15, -0.1) is 30.7 Å². The molecule has 1 aromatic heterocycles. The van der Waals surface area contributed by atoms with E-state index in [1.54, 1.807) is 11.8 Å². The Morgan fingerprint density at radius 1 is 1.10 bits per heavy atom. The summed E-state index contributed by atoms with van der Waals surface area (Å²) in [4.78, 5) is 21.8. The fourth-order valence-corrected chi connectivity index (χ4v) is 7.01. The number of aromatic nitrogens is 1. The third-order valence-corrected chi connectivity index (χ3v) is 9.47. The van der Waals surface area contributed by atoms with Crippen LogP contribution in [0, 0.1) is 11.8 Å². The van der Waals surface area contributed by atoms with Crippen molar-refractivity contribution in [3.05, 3.63) is 119 Å². The largest absolute Gasteiger partial charge is 0.452 e. The molecule has 4 aromatic rings. The lowest BCUT2D eigenvalue weighted by molar-refractivity contribution is -0.0568. The van der Waals surface area contributed by atoms with Gasteiger partial charge in [-0.1, -0.05) is 48.0 Å². The van der Waals surface area contributed by atoms with Crippen LogP contribution in [0.1, 0.15) is 40.4 Å². The summed E-state index contributed by atoms with van der Waals surface area (Å²) in [6, 6.07) is 25.9. The van der Waals surface area contributed by atoms with Gasteiger partial charge in [0.1, 0.15) is 6.10 Å². The lowest BCUT2D eigenvalue weighted by Crippen LogP contribution is -2.55. The first kappa shape index (κ1) is 28.7. The molecule has 0 saturated carbocycles.